The third-order valence-corrected chi connectivity index (χ3v) is 3.81. The number of rotatable bonds is 5. The van der Waals surface area contributed by atoms with Gasteiger partial charge in [0.15, 0.2) is 0 Å². The predicted molar refractivity (Wildman–Crippen MR) is 64.4 cm³/mol. The maximum absolute atomic E-state index is 11.8. The van der Waals surface area contributed by atoms with Crippen LogP contribution in [0.15, 0.2) is 0 Å². The molecule has 1 rings (SSSR count). The number of nitrogens with one attached hydrogen (secondary N) is 1. The lowest BCUT2D eigenvalue weighted by Crippen LogP contribution is -2.48. The lowest BCUT2D eigenvalue weighted by atomic mass is 9.84. The summed E-state index contributed by atoms with van der Waals surface area (Å²) in [7, 11) is 0. The number of nitrogens with two attached hydrogens (primary N) is 1. The Labute approximate surface area is 102 Å². The molecule has 98 valence electrons. The molecule has 0 radical (unpaired) electrons. The van der Waals surface area contributed by atoms with Gasteiger partial charge in [-0.1, -0.05) is 13.3 Å². The van der Waals surface area contributed by atoms with Crippen LogP contribution in [0.1, 0.15) is 39.5 Å². The van der Waals surface area contributed by atoms with Crippen LogP contribution in [0.5, 0.6) is 0 Å². The number of hydrogen-bond acceptors (Lipinski definition) is 3. The fraction of sp³-hybridized carbons (Fsp3) is 0.833. The Bertz CT molecular complexity index is 306. The van der Waals surface area contributed by atoms with Gasteiger partial charge in [-0.25, -0.2) is 0 Å². The molecule has 1 amide bonds. The zero-order valence-corrected chi connectivity index (χ0v) is 10.5. The Hall–Kier alpha value is -1.10. The van der Waals surface area contributed by atoms with Gasteiger partial charge in [-0.05, 0) is 32.7 Å². The predicted octanol–water partition coefficient (Wildman–Crippen LogP) is 0.731. The van der Waals surface area contributed by atoms with Crippen LogP contribution in [0.2, 0.25) is 0 Å². The van der Waals surface area contributed by atoms with E-state index in [2.05, 4.69) is 5.32 Å². The Morgan fingerprint density at radius 3 is 2.76 bits per heavy atom. The van der Waals surface area contributed by atoms with Crippen LogP contribution in [-0.4, -0.2) is 29.6 Å². The van der Waals surface area contributed by atoms with Gasteiger partial charge in [0.2, 0.25) is 5.91 Å². The second-order valence-corrected chi connectivity index (χ2v) is 5.15. The van der Waals surface area contributed by atoms with Crippen LogP contribution in [-0.2, 0) is 9.59 Å². The first-order chi connectivity index (χ1) is 7.91. The van der Waals surface area contributed by atoms with Crippen molar-refractivity contribution in [3.05, 3.63) is 0 Å². The van der Waals surface area contributed by atoms with Gasteiger partial charge >= 0.3 is 5.97 Å². The molecular formula is C12H22N2O3. The summed E-state index contributed by atoms with van der Waals surface area (Å²) in [6, 6.07) is -0.257. The van der Waals surface area contributed by atoms with E-state index >= 15 is 0 Å². The largest absolute Gasteiger partial charge is 0.481 e. The molecule has 5 heteroatoms. The van der Waals surface area contributed by atoms with Crippen LogP contribution in [0.25, 0.3) is 0 Å². The van der Waals surface area contributed by atoms with Crippen LogP contribution < -0.4 is 11.1 Å². The molecule has 1 saturated carbocycles. The standard InChI is InChI=1S/C12H22N2O3/c1-8(5-7-13)10(15)14-9-4-3-6-12(9,2)11(16)17/h8-9H,3-7,13H2,1-2H3,(H,14,15)(H,16,17). The molecule has 3 atom stereocenters. The third kappa shape index (κ3) is 2.97. The molecule has 1 fully saturated rings. The summed E-state index contributed by atoms with van der Waals surface area (Å²) in [5.74, 6) is -1.07. The topological polar surface area (TPSA) is 92.4 Å². The number of carboxylic acid groups (broad SMARTS) is 1. The number of aliphatic carboxylic acids is 1. The van der Waals surface area contributed by atoms with E-state index in [0.29, 0.717) is 19.4 Å². The highest BCUT2D eigenvalue weighted by atomic mass is 16.4. The van der Waals surface area contributed by atoms with Gasteiger partial charge in [-0.15, -0.1) is 0 Å². The van der Waals surface area contributed by atoms with Crippen LogP contribution in [0, 0.1) is 11.3 Å². The number of carboxylic acids is 1. The van der Waals surface area contributed by atoms with Crippen molar-refractivity contribution < 1.29 is 14.7 Å². The second-order valence-electron chi connectivity index (χ2n) is 5.15. The average molecular weight is 242 g/mol. The second kappa shape index (κ2) is 5.49. The fourth-order valence-corrected chi connectivity index (χ4v) is 2.35. The Morgan fingerprint density at radius 1 is 1.59 bits per heavy atom. The minimum atomic E-state index is -0.827. The van der Waals surface area contributed by atoms with Gasteiger partial charge in [-0.2, -0.15) is 0 Å². The third-order valence-electron chi connectivity index (χ3n) is 3.81. The minimum absolute atomic E-state index is 0.0881. The number of carbonyl (C=O) groups is 2. The van der Waals surface area contributed by atoms with Crippen LogP contribution >= 0.6 is 0 Å². The van der Waals surface area contributed by atoms with Crippen molar-refractivity contribution in [2.24, 2.45) is 17.1 Å². The first-order valence-corrected chi connectivity index (χ1v) is 6.15. The lowest BCUT2D eigenvalue weighted by Gasteiger charge is -2.28. The van der Waals surface area contributed by atoms with Gasteiger partial charge in [0, 0.05) is 12.0 Å². The molecule has 1 aliphatic rings. The number of carbonyl (C=O) groups excluding carboxylic acids is 1. The van der Waals surface area contributed by atoms with Gasteiger partial charge in [0.05, 0.1) is 5.41 Å². The van der Waals surface area contributed by atoms with E-state index in [1.165, 1.54) is 0 Å². The van der Waals surface area contributed by atoms with Gasteiger partial charge in [-0.3, -0.25) is 9.59 Å². The Kier molecular flexibility index (Phi) is 4.51. The van der Waals surface area contributed by atoms with Crippen molar-refractivity contribution in [3.8, 4) is 0 Å². The van der Waals surface area contributed by atoms with E-state index in [1.807, 2.05) is 6.92 Å². The molecule has 0 saturated heterocycles. The molecule has 0 spiro atoms. The first kappa shape index (κ1) is 14.0. The monoisotopic (exact) mass is 242 g/mol. The number of hydrogen-bond donors (Lipinski definition) is 3. The molecule has 0 aromatic carbocycles. The van der Waals surface area contributed by atoms with Gasteiger partial charge < -0.3 is 16.2 Å². The maximum atomic E-state index is 11.8. The maximum Gasteiger partial charge on any atom is 0.311 e. The summed E-state index contributed by atoms with van der Waals surface area (Å²) in [4.78, 5) is 23.1. The van der Waals surface area contributed by atoms with E-state index < -0.39 is 11.4 Å². The molecular weight excluding hydrogens is 220 g/mol. The Balaban J connectivity index is 2.62. The van der Waals surface area contributed by atoms with Crippen molar-refractivity contribution in [3.63, 3.8) is 0 Å². The summed E-state index contributed by atoms with van der Waals surface area (Å²) < 4.78 is 0. The Morgan fingerprint density at radius 2 is 2.24 bits per heavy atom. The average Bonchev–Trinajstić information content (AvgIpc) is 2.62. The smallest absolute Gasteiger partial charge is 0.311 e. The molecule has 4 N–H and O–H groups in total. The normalized spacial score (nSPS) is 29.9. The van der Waals surface area contributed by atoms with Crippen LogP contribution in [0.4, 0.5) is 0 Å². The zero-order valence-electron chi connectivity index (χ0n) is 10.5. The zero-order chi connectivity index (χ0) is 13.1. The molecule has 3 unspecified atom stereocenters. The molecule has 0 aliphatic heterocycles. The summed E-state index contributed by atoms with van der Waals surface area (Å²) in [5.41, 5.74) is 4.58. The highest BCUT2D eigenvalue weighted by Crippen LogP contribution is 2.38. The van der Waals surface area contributed by atoms with E-state index in [9.17, 15) is 14.7 Å². The van der Waals surface area contributed by atoms with E-state index in [0.717, 1.165) is 12.8 Å². The quantitative estimate of drug-likeness (QED) is 0.662. The minimum Gasteiger partial charge on any atom is -0.481 e. The molecule has 0 heterocycles. The molecule has 17 heavy (non-hydrogen) atoms. The van der Waals surface area contributed by atoms with Crippen molar-refractivity contribution in [1.82, 2.24) is 5.32 Å². The lowest BCUT2D eigenvalue weighted by molar-refractivity contribution is -0.149. The van der Waals surface area contributed by atoms with E-state index in [-0.39, 0.29) is 17.9 Å². The van der Waals surface area contributed by atoms with Crippen molar-refractivity contribution in [2.45, 2.75) is 45.6 Å². The summed E-state index contributed by atoms with van der Waals surface area (Å²) in [6.45, 7) is 3.99. The molecule has 0 bridgehead atoms. The van der Waals surface area contributed by atoms with E-state index in [1.54, 1.807) is 6.92 Å². The number of amides is 1. The van der Waals surface area contributed by atoms with Crippen molar-refractivity contribution in [1.29, 1.82) is 0 Å². The molecule has 5 nitrogen and oxygen atoms in total. The SMILES string of the molecule is CC(CCN)C(=O)NC1CCCC1(C)C(=O)O. The summed E-state index contributed by atoms with van der Waals surface area (Å²) in [6.07, 6.45) is 2.84. The van der Waals surface area contributed by atoms with Crippen molar-refractivity contribution >= 4 is 11.9 Å². The first-order valence-electron chi connectivity index (χ1n) is 6.15. The summed E-state index contributed by atoms with van der Waals surface area (Å²) in [5, 5.41) is 12.1. The molecule has 0 aromatic rings. The highest BCUT2D eigenvalue weighted by molar-refractivity contribution is 5.81. The van der Waals surface area contributed by atoms with E-state index in [4.69, 9.17) is 5.73 Å². The van der Waals surface area contributed by atoms with Gasteiger partial charge in [0.1, 0.15) is 0 Å². The molecule has 1 aliphatic carbocycles. The van der Waals surface area contributed by atoms with Crippen molar-refractivity contribution in [2.75, 3.05) is 6.54 Å². The summed E-state index contributed by atoms with van der Waals surface area (Å²) >= 11 is 0. The fourth-order valence-electron chi connectivity index (χ4n) is 2.35. The molecule has 0 aromatic heterocycles. The highest BCUT2D eigenvalue weighted by Gasteiger charge is 2.46. The van der Waals surface area contributed by atoms with Gasteiger partial charge in [0.25, 0.3) is 0 Å². The van der Waals surface area contributed by atoms with Crippen LogP contribution in [0.3, 0.4) is 0 Å².